The minimum Gasteiger partial charge on any atom is -0.0922 e. The van der Waals surface area contributed by atoms with Gasteiger partial charge in [-0.25, -0.2) is 0 Å². The Balaban J connectivity index is 4.17. The van der Waals surface area contributed by atoms with E-state index < -0.39 is 8.80 Å². The molecule has 0 aromatic rings. The lowest BCUT2D eigenvalue weighted by Gasteiger charge is -2.01. The molecule has 0 N–H and O–H groups in total. The van der Waals surface area contributed by atoms with Crippen LogP contribution in [0, 0.1) is 0 Å². The Labute approximate surface area is 161 Å². The van der Waals surface area contributed by atoms with Gasteiger partial charge in [-0.15, -0.1) is 0 Å². The standard InChI is InChI=1S/C24H45Si/c1-4-7-10-13-16-19-22-25(23-20-17-14-11-8-5-2)24-21-18-15-12-9-6-3/h19-24H,4-18H2,1-3H3. The molecule has 0 amide bonds. The molecule has 0 aliphatic rings. The molecule has 0 rings (SSSR count). The summed E-state index contributed by atoms with van der Waals surface area (Å²) in [7, 11) is -0.564. The first kappa shape index (κ1) is 24.4. The average Bonchev–Trinajstić information content (AvgIpc) is 2.63. The van der Waals surface area contributed by atoms with Gasteiger partial charge in [0, 0.05) is 0 Å². The van der Waals surface area contributed by atoms with Crippen molar-refractivity contribution in [3.8, 4) is 0 Å². The van der Waals surface area contributed by atoms with Crippen molar-refractivity contribution in [1.82, 2.24) is 0 Å². The van der Waals surface area contributed by atoms with E-state index in [1.165, 1.54) is 96.3 Å². The molecule has 0 bridgehead atoms. The fourth-order valence-corrected chi connectivity index (χ4v) is 4.54. The second-order valence-corrected chi connectivity index (χ2v) is 9.26. The zero-order valence-electron chi connectivity index (χ0n) is 17.6. The minimum absolute atomic E-state index is 0.564. The summed E-state index contributed by atoms with van der Waals surface area (Å²) in [6.07, 6.45) is 27.6. The van der Waals surface area contributed by atoms with E-state index in [9.17, 15) is 0 Å². The van der Waals surface area contributed by atoms with Gasteiger partial charge in [0.05, 0.1) is 0 Å². The first-order chi connectivity index (χ1) is 12.3. The molecule has 145 valence electrons. The highest BCUT2D eigenvalue weighted by molar-refractivity contribution is 6.74. The summed E-state index contributed by atoms with van der Waals surface area (Å²) >= 11 is 0. The van der Waals surface area contributed by atoms with Crippen LogP contribution in [0.25, 0.3) is 0 Å². The number of hydrogen-bond donors (Lipinski definition) is 0. The smallest absolute Gasteiger partial charge is 0.0922 e. The monoisotopic (exact) mass is 361 g/mol. The average molecular weight is 362 g/mol. The molecule has 0 nitrogen and oxygen atoms in total. The third kappa shape index (κ3) is 19.6. The second-order valence-electron chi connectivity index (χ2n) is 7.26. The molecule has 0 saturated heterocycles. The van der Waals surface area contributed by atoms with Crippen molar-refractivity contribution in [2.75, 3.05) is 0 Å². The van der Waals surface area contributed by atoms with E-state index in [0.29, 0.717) is 0 Å². The highest BCUT2D eigenvalue weighted by Gasteiger charge is 1.97. The normalized spacial score (nSPS) is 12.5. The van der Waals surface area contributed by atoms with Crippen LogP contribution in [0.3, 0.4) is 0 Å². The van der Waals surface area contributed by atoms with Crippen LogP contribution in [0.15, 0.2) is 35.3 Å². The maximum absolute atomic E-state index is 2.52. The highest BCUT2D eigenvalue weighted by atomic mass is 28.3. The summed E-state index contributed by atoms with van der Waals surface area (Å²) in [6, 6.07) is 0. The maximum atomic E-state index is 2.52. The molecule has 0 aromatic heterocycles. The first-order valence-corrected chi connectivity index (χ1v) is 12.9. The molecule has 0 atom stereocenters. The summed E-state index contributed by atoms with van der Waals surface area (Å²) < 4.78 is 0. The lowest BCUT2D eigenvalue weighted by Crippen LogP contribution is -2.01. The molecule has 0 heterocycles. The molecule has 0 aromatic carbocycles. The number of allylic oxidation sites excluding steroid dienone is 3. The predicted octanol–water partition coefficient (Wildman–Crippen LogP) is 8.68. The lowest BCUT2D eigenvalue weighted by molar-refractivity contribution is 0.674. The number of hydrogen-bond acceptors (Lipinski definition) is 0. The van der Waals surface area contributed by atoms with Crippen LogP contribution in [0.5, 0.6) is 0 Å². The molecule has 1 heteroatoms. The zero-order valence-corrected chi connectivity index (χ0v) is 18.6. The van der Waals surface area contributed by atoms with Gasteiger partial charge in [0.25, 0.3) is 0 Å². The van der Waals surface area contributed by atoms with E-state index in [4.69, 9.17) is 0 Å². The molecule has 0 fully saturated rings. The van der Waals surface area contributed by atoms with Crippen LogP contribution >= 0.6 is 0 Å². The van der Waals surface area contributed by atoms with Crippen molar-refractivity contribution >= 4 is 8.80 Å². The van der Waals surface area contributed by atoms with Crippen LogP contribution in [-0.4, -0.2) is 8.80 Å². The quantitative estimate of drug-likeness (QED) is 0.169. The summed E-state index contributed by atoms with van der Waals surface area (Å²) in [5.41, 5.74) is 7.55. The van der Waals surface area contributed by atoms with Gasteiger partial charge in [-0.2, -0.15) is 0 Å². The largest absolute Gasteiger partial charge is 0.130 e. The Morgan fingerprint density at radius 2 is 0.760 bits per heavy atom. The SMILES string of the molecule is CCCCCCC=C[Si](C=CCCCCCC)C=CCCCCCC. The van der Waals surface area contributed by atoms with Crippen molar-refractivity contribution in [1.29, 1.82) is 0 Å². The Bertz CT molecular complexity index is 275. The van der Waals surface area contributed by atoms with E-state index in [0.717, 1.165) is 0 Å². The van der Waals surface area contributed by atoms with Crippen LogP contribution < -0.4 is 0 Å². The molecule has 0 saturated carbocycles. The second kappa shape index (κ2) is 21.5. The zero-order chi connectivity index (χ0) is 18.4. The van der Waals surface area contributed by atoms with Gasteiger partial charge in [0.2, 0.25) is 0 Å². The fraction of sp³-hybridized carbons (Fsp3) is 0.750. The van der Waals surface area contributed by atoms with Crippen molar-refractivity contribution in [2.24, 2.45) is 0 Å². The van der Waals surface area contributed by atoms with Crippen LogP contribution in [0.4, 0.5) is 0 Å². The van der Waals surface area contributed by atoms with Crippen molar-refractivity contribution in [3.05, 3.63) is 35.3 Å². The number of rotatable bonds is 18. The third-order valence-corrected chi connectivity index (χ3v) is 6.47. The molecular weight excluding hydrogens is 316 g/mol. The van der Waals surface area contributed by atoms with Gasteiger partial charge in [0.15, 0.2) is 0 Å². The van der Waals surface area contributed by atoms with Crippen LogP contribution in [-0.2, 0) is 0 Å². The van der Waals surface area contributed by atoms with Gasteiger partial charge in [0.1, 0.15) is 8.80 Å². The summed E-state index contributed by atoms with van der Waals surface area (Å²) in [6.45, 7) is 6.86. The lowest BCUT2D eigenvalue weighted by atomic mass is 10.2. The maximum Gasteiger partial charge on any atom is 0.130 e. The molecule has 25 heavy (non-hydrogen) atoms. The summed E-state index contributed by atoms with van der Waals surface area (Å²) in [4.78, 5) is 0. The van der Waals surface area contributed by atoms with Crippen molar-refractivity contribution < 1.29 is 0 Å². The van der Waals surface area contributed by atoms with E-state index in [2.05, 4.69) is 56.1 Å². The summed E-state index contributed by atoms with van der Waals surface area (Å²) in [5.74, 6) is 0. The van der Waals surface area contributed by atoms with E-state index in [-0.39, 0.29) is 0 Å². The third-order valence-electron chi connectivity index (χ3n) is 4.60. The van der Waals surface area contributed by atoms with Gasteiger partial charge in [-0.05, 0) is 38.5 Å². The fourth-order valence-electron chi connectivity index (χ4n) is 2.89. The first-order valence-electron chi connectivity index (χ1n) is 11.2. The van der Waals surface area contributed by atoms with E-state index in [1.807, 2.05) is 0 Å². The van der Waals surface area contributed by atoms with E-state index >= 15 is 0 Å². The van der Waals surface area contributed by atoms with Gasteiger partial charge < -0.3 is 0 Å². The van der Waals surface area contributed by atoms with Crippen molar-refractivity contribution in [3.63, 3.8) is 0 Å². The molecule has 0 unspecified atom stereocenters. The Morgan fingerprint density at radius 3 is 1.04 bits per heavy atom. The minimum atomic E-state index is -0.564. The summed E-state index contributed by atoms with van der Waals surface area (Å²) in [5, 5.41) is 0. The molecule has 0 aliphatic heterocycles. The molecule has 1 radical (unpaired) electrons. The molecule has 0 aliphatic carbocycles. The predicted molar refractivity (Wildman–Crippen MR) is 119 cm³/mol. The van der Waals surface area contributed by atoms with Crippen LogP contribution in [0.2, 0.25) is 0 Å². The number of unbranched alkanes of at least 4 members (excludes halogenated alkanes) is 12. The Kier molecular flexibility index (Phi) is 21.0. The van der Waals surface area contributed by atoms with Crippen LogP contribution in [0.1, 0.15) is 117 Å². The Morgan fingerprint density at radius 1 is 0.440 bits per heavy atom. The molecular formula is C24H45Si. The van der Waals surface area contributed by atoms with Gasteiger partial charge >= 0.3 is 0 Å². The Hall–Kier alpha value is -0.563. The topological polar surface area (TPSA) is 0 Å². The van der Waals surface area contributed by atoms with E-state index in [1.54, 1.807) is 0 Å². The highest BCUT2D eigenvalue weighted by Crippen LogP contribution is 2.07. The van der Waals surface area contributed by atoms with Gasteiger partial charge in [-0.3, -0.25) is 0 Å². The molecule has 0 spiro atoms. The van der Waals surface area contributed by atoms with Crippen molar-refractivity contribution in [2.45, 2.75) is 117 Å². The van der Waals surface area contributed by atoms with Gasteiger partial charge in [-0.1, -0.05) is 114 Å².